The van der Waals surface area contributed by atoms with Crippen molar-refractivity contribution in [2.24, 2.45) is 0 Å². The smallest absolute Gasteiger partial charge is 0.243 e. The van der Waals surface area contributed by atoms with E-state index < -0.39 is 10.0 Å². The molecule has 166 valence electrons. The quantitative estimate of drug-likeness (QED) is 0.562. The van der Waals surface area contributed by atoms with Crippen LogP contribution in [0, 0.1) is 0 Å². The number of anilines is 2. The molecule has 0 amide bonds. The minimum atomic E-state index is -3.58. The minimum absolute atomic E-state index is 0.175. The fourth-order valence-electron chi connectivity index (χ4n) is 4.24. The van der Waals surface area contributed by atoms with Crippen LogP contribution in [-0.2, 0) is 27.6 Å². The third kappa shape index (κ3) is 3.61. The first-order valence-corrected chi connectivity index (χ1v) is 12.1. The van der Waals surface area contributed by atoms with Crippen molar-refractivity contribution in [1.82, 2.24) is 14.3 Å². The number of nitrogen functional groups attached to an aromatic ring is 2. The van der Waals surface area contributed by atoms with Crippen molar-refractivity contribution in [2.75, 3.05) is 37.8 Å². The predicted octanol–water partition coefficient (Wildman–Crippen LogP) is 2.75. The highest BCUT2D eigenvalue weighted by atomic mass is 35.5. The standard InChI is InChI=1S/C22H22ClN5O3S/c23-17-11-14-3-6-19-20(16(14)12-18(17)24)21(27-22(25)26-19)13-1-4-15(5-2-13)32(29,30)28-7-9-31-10-8-28/h1-2,4-5,11-12H,3,6-10,24H2,(H2,25,26,27). The van der Waals surface area contributed by atoms with E-state index in [1.165, 1.54) is 4.31 Å². The Hall–Kier alpha value is -2.72. The summed E-state index contributed by atoms with van der Waals surface area (Å²) in [5.74, 6) is 0.175. The van der Waals surface area contributed by atoms with Crippen molar-refractivity contribution in [2.45, 2.75) is 17.7 Å². The van der Waals surface area contributed by atoms with Gasteiger partial charge in [-0.15, -0.1) is 0 Å². The summed E-state index contributed by atoms with van der Waals surface area (Å²) in [5, 5.41) is 0.516. The van der Waals surface area contributed by atoms with Crippen molar-refractivity contribution in [3.8, 4) is 22.4 Å². The molecule has 0 atom stereocenters. The van der Waals surface area contributed by atoms with Crippen molar-refractivity contribution >= 4 is 33.3 Å². The summed E-state index contributed by atoms with van der Waals surface area (Å²) in [4.78, 5) is 9.19. The maximum Gasteiger partial charge on any atom is 0.243 e. The van der Waals surface area contributed by atoms with E-state index in [1.54, 1.807) is 24.3 Å². The largest absolute Gasteiger partial charge is 0.398 e. The van der Waals surface area contributed by atoms with E-state index in [0.717, 1.165) is 34.4 Å². The lowest BCUT2D eigenvalue weighted by atomic mass is 9.86. The summed E-state index contributed by atoms with van der Waals surface area (Å²) in [5.41, 5.74) is 17.6. The number of nitrogens with zero attached hydrogens (tertiary/aromatic N) is 3. The van der Waals surface area contributed by atoms with Gasteiger partial charge in [0.1, 0.15) is 0 Å². The third-order valence-electron chi connectivity index (χ3n) is 5.86. The third-order valence-corrected chi connectivity index (χ3v) is 8.10. The fourth-order valence-corrected chi connectivity index (χ4v) is 5.84. The number of ether oxygens (including phenoxy) is 1. The Kier molecular flexibility index (Phi) is 5.29. The molecule has 5 rings (SSSR count). The zero-order chi connectivity index (χ0) is 22.5. The van der Waals surface area contributed by atoms with Crippen LogP contribution < -0.4 is 11.5 Å². The van der Waals surface area contributed by atoms with Gasteiger partial charge in [-0.25, -0.2) is 18.4 Å². The van der Waals surface area contributed by atoms with E-state index >= 15 is 0 Å². The van der Waals surface area contributed by atoms with Gasteiger partial charge < -0.3 is 16.2 Å². The van der Waals surface area contributed by atoms with Crippen LogP contribution in [0.2, 0.25) is 5.02 Å². The van der Waals surface area contributed by atoms with Crippen LogP contribution in [0.3, 0.4) is 0 Å². The van der Waals surface area contributed by atoms with Gasteiger partial charge in [0.2, 0.25) is 16.0 Å². The van der Waals surface area contributed by atoms with Crippen LogP contribution in [0.25, 0.3) is 22.4 Å². The maximum atomic E-state index is 13.0. The van der Waals surface area contributed by atoms with E-state index in [2.05, 4.69) is 9.97 Å². The highest BCUT2D eigenvalue weighted by molar-refractivity contribution is 7.89. The van der Waals surface area contributed by atoms with E-state index in [0.29, 0.717) is 49.1 Å². The number of halogens is 1. The Bertz CT molecular complexity index is 1310. The number of benzene rings is 2. The molecule has 0 bridgehead atoms. The average molecular weight is 472 g/mol. The number of hydrogen-bond acceptors (Lipinski definition) is 7. The normalized spacial score (nSPS) is 16.4. The number of nitrogens with two attached hydrogens (primary N) is 2. The van der Waals surface area contributed by atoms with Gasteiger partial charge in [-0.3, -0.25) is 0 Å². The zero-order valence-corrected chi connectivity index (χ0v) is 18.8. The lowest BCUT2D eigenvalue weighted by Crippen LogP contribution is -2.40. The van der Waals surface area contributed by atoms with Crippen molar-refractivity contribution in [1.29, 1.82) is 0 Å². The number of rotatable bonds is 3. The van der Waals surface area contributed by atoms with Crippen LogP contribution >= 0.6 is 11.6 Å². The molecule has 1 aliphatic heterocycles. The molecule has 1 saturated heterocycles. The van der Waals surface area contributed by atoms with Crippen molar-refractivity contribution in [3.05, 3.63) is 52.7 Å². The van der Waals surface area contributed by atoms with Gasteiger partial charge >= 0.3 is 0 Å². The van der Waals surface area contributed by atoms with Gasteiger partial charge in [0.05, 0.1) is 40.2 Å². The molecule has 3 aromatic rings. The molecule has 1 aromatic heterocycles. The molecule has 2 heterocycles. The topological polar surface area (TPSA) is 124 Å². The van der Waals surface area contributed by atoms with Crippen LogP contribution in [0.15, 0.2) is 41.3 Å². The monoisotopic (exact) mass is 471 g/mol. The summed E-state index contributed by atoms with van der Waals surface area (Å²) in [7, 11) is -3.58. The van der Waals surface area contributed by atoms with E-state index in [4.69, 9.17) is 27.8 Å². The van der Waals surface area contributed by atoms with Gasteiger partial charge in [0.15, 0.2) is 0 Å². The summed E-state index contributed by atoms with van der Waals surface area (Å²) in [6.07, 6.45) is 1.47. The minimum Gasteiger partial charge on any atom is -0.398 e. The highest BCUT2D eigenvalue weighted by Gasteiger charge is 2.27. The lowest BCUT2D eigenvalue weighted by molar-refractivity contribution is 0.0730. The van der Waals surface area contributed by atoms with Crippen LogP contribution in [-0.4, -0.2) is 49.0 Å². The summed E-state index contributed by atoms with van der Waals surface area (Å²) in [6, 6.07) is 10.4. The molecule has 32 heavy (non-hydrogen) atoms. The maximum absolute atomic E-state index is 13.0. The van der Waals surface area contributed by atoms with Crippen LogP contribution in [0.4, 0.5) is 11.6 Å². The number of aryl methyl sites for hydroxylation is 2. The second kappa shape index (κ2) is 8.00. The molecule has 0 spiro atoms. The first-order valence-electron chi connectivity index (χ1n) is 10.3. The van der Waals surface area contributed by atoms with E-state index in [-0.39, 0.29) is 10.8 Å². The van der Waals surface area contributed by atoms with Gasteiger partial charge in [-0.1, -0.05) is 23.7 Å². The summed E-state index contributed by atoms with van der Waals surface area (Å²) < 4.78 is 32.6. The fraction of sp³-hybridized carbons (Fsp3) is 0.273. The number of sulfonamides is 1. The molecule has 0 saturated carbocycles. The van der Waals surface area contributed by atoms with Crippen LogP contribution in [0.5, 0.6) is 0 Å². The highest BCUT2D eigenvalue weighted by Crippen LogP contribution is 2.42. The molecule has 2 aliphatic rings. The van der Waals surface area contributed by atoms with E-state index in [9.17, 15) is 8.42 Å². The molecule has 0 unspecified atom stereocenters. The molecular weight excluding hydrogens is 450 g/mol. The summed E-state index contributed by atoms with van der Waals surface area (Å²) >= 11 is 6.23. The number of hydrogen-bond donors (Lipinski definition) is 2. The van der Waals surface area contributed by atoms with E-state index in [1.807, 2.05) is 12.1 Å². The second-order valence-electron chi connectivity index (χ2n) is 7.82. The van der Waals surface area contributed by atoms with Gasteiger partial charge in [0.25, 0.3) is 0 Å². The molecule has 10 heteroatoms. The predicted molar refractivity (Wildman–Crippen MR) is 124 cm³/mol. The average Bonchev–Trinajstić information content (AvgIpc) is 2.80. The molecule has 8 nitrogen and oxygen atoms in total. The van der Waals surface area contributed by atoms with Crippen LogP contribution in [0.1, 0.15) is 11.3 Å². The molecule has 1 aliphatic carbocycles. The Morgan fingerprint density at radius 3 is 2.44 bits per heavy atom. The zero-order valence-electron chi connectivity index (χ0n) is 17.2. The van der Waals surface area contributed by atoms with Gasteiger partial charge in [-0.05, 0) is 48.2 Å². The Labute approximate surface area is 191 Å². The van der Waals surface area contributed by atoms with Gasteiger partial charge in [0, 0.05) is 24.2 Å². The summed E-state index contributed by atoms with van der Waals surface area (Å²) in [6.45, 7) is 1.49. The van der Waals surface area contributed by atoms with Gasteiger partial charge in [-0.2, -0.15) is 4.31 Å². The second-order valence-corrected chi connectivity index (χ2v) is 10.2. The number of morpholine rings is 1. The number of fused-ring (bicyclic) bond motifs is 3. The number of aromatic nitrogens is 2. The van der Waals surface area contributed by atoms with Crippen molar-refractivity contribution < 1.29 is 13.2 Å². The molecule has 1 fully saturated rings. The molecule has 0 radical (unpaired) electrons. The SMILES string of the molecule is Nc1nc2c(c(-c3ccc(S(=O)(=O)N4CCOCC4)cc3)n1)-c1cc(N)c(Cl)cc1CC2. The Balaban J connectivity index is 1.59. The van der Waals surface area contributed by atoms with Crippen molar-refractivity contribution in [3.63, 3.8) is 0 Å². The first kappa shape index (κ1) is 21.1. The Morgan fingerprint density at radius 1 is 1.00 bits per heavy atom. The molecule has 2 aromatic carbocycles. The molecule has 4 N–H and O–H groups in total. The Morgan fingerprint density at radius 2 is 1.72 bits per heavy atom. The molecular formula is C22H22ClN5O3S. The first-order chi connectivity index (χ1) is 15.3. The lowest BCUT2D eigenvalue weighted by Gasteiger charge is -2.26.